The van der Waals surface area contributed by atoms with E-state index < -0.39 is 5.92 Å². The van der Waals surface area contributed by atoms with E-state index in [2.05, 4.69) is 10.5 Å². The van der Waals surface area contributed by atoms with E-state index in [1.807, 2.05) is 0 Å². The van der Waals surface area contributed by atoms with Gasteiger partial charge in [0, 0.05) is 17.9 Å². The highest BCUT2D eigenvalue weighted by molar-refractivity contribution is 6.02. The van der Waals surface area contributed by atoms with Crippen LogP contribution >= 0.6 is 0 Å². The third kappa shape index (κ3) is 1.56. The van der Waals surface area contributed by atoms with Crippen LogP contribution in [-0.4, -0.2) is 23.8 Å². The molecule has 0 radical (unpaired) electrons. The molecule has 102 valence electrons. The summed E-state index contributed by atoms with van der Waals surface area (Å²) in [6, 6.07) is 3.45. The molecule has 7 heteroatoms. The summed E-state index contributed by atoms with van der Waals surface area (Å²) in [5.41, 5.74) is 1.07. The van der Waals surface area contributed by atoms with Crippen molar-refractivity contribution in [3.63, 3.8) is 0 Å². The van der Waals surface area contributed by atoms with Crippen LogP contribution in [0, 0.1) is 0 Å². The molecule has 1 N–H and O–H groups in total. The Labute approximate surface area is 112 Å². The second-order valence-electron chi connectivity index (χ2n) is 4.77. The number of hydrogen-bond acceptors (Lipinski definition) is 6. The van der Waals surface area contributed by atoms with Gasteiger partial charge in [-0.25, -0.2) is 0 Å². The average Bonchev–Trinajstić information content (AvgIpc) is 3.02. The lowest BCUT2D eigenvalue weighted by Crippen LogP contribution is -2.39. The third-order valence-corrected chi connectivity index (χ3v) is 3.56. The monoisotopic (exact) mass is 274 g/mol. The quantitative estimate of drug-likeness (QED) is 0.782. The summed E-state index contributed by atoms with van der Waals surface area (Å²) < 4.78 is 15.8. The van der Waals surface area contributed by atoms with Gasteiger partial charge in [0.2, 0.25) is 18.6 Å². The number of aromatic nitrogens is 1. The fourth-order valence-electron chi connectivity index (χ4n) is 2.55. The van der Waals surface area contributed by atoms with Crippen LogP contribution in [0.25, 0.3) is 11.0 Å². The van der Waals surface area contributed by atoms with E-state index in [9.17, 15) is 9.59 Å². The molecule has 2 aromatic rings. The van der Waals surface area contributed by atoms with Gasteiger partial charge in [0.15, 0.2) is 17.1 Å². The topological polar surface area (TPSA) is 90.7 Å². The molecule has 4 rings (SSSR count). The number of fused-ring (bicyclic) bond motifs is 2. The van der Waals surface area contributed by atoms with Crippen molar-refractivity contribution < 1.29 is 23.6 Å². The van der Waals surface area contributed by atoms with Crippen molar-refractivity contribution in [2.75, 3.05) is 6.79 Å². The van der Waals surface area contributed by atoms with Crippen molar-refractivity contribution in [3.8, 4) is 11.5 Å². The highest BCUT2D eigenvalue weighted by atomic mass is 16.7. The first-order chi connectivity index (χ1) is 9.72. The predicted octanol–water partition coefficient (Wildman–Crippen LogP) is 1.08. The zero-order chi connectivity index (χ0) is 13.7. The van der Waals surface area contributed by atoms with Crippen LogP contribution in [0.2, 0.25) is 0 Å². The van der Waals surface area contributed by atoms with Gasteiger partial charge < -0.3 is 14.0 Å². The molecule has 1 saturated heterocycles. The van der Waals surface area contributed by atoms with Crippen LogP contribution in [0.4, 0.5) is 0 Å². The number of benzene rings is 1. The summed E-state index contributed by atoms with van der Waals surface area (Å²) >= 11 is 0. The normalized spacial score (nSPS) is 21.3. The minimum Gasteiger partial charge on any atom is -0.454 e. The van der Waals surface area contributed by atoms with Crippen molar-refractivity contribution in [3.05, 3.63) is 17.8 Å². The molecule has 0 spiro atoms. The Morgan fingerprint density at radius 1 is 1.20 bits per heavy atom. The number of nitrogens with one attached hydrogen (secondary N) is 1. The summed E-state index contributed by atoms with van der Waals surface area (Å²) in [7, 11) is 0. The van der Waals surface area contributed by atoms with Gasteiger partial charge in [0.05, 0.1) is 5.92 Å². The van der Waals surface area contributed by atoms with Crippen molar-refractivity contribution >= 4 is 22.8 Å². The summed E-state index contributed by atoms with van der Waals surface area (Å²) in [5, 5.41) is 7.01. The van der Waals surface area contributed by atoms with E-state index in [1.165, 1.54) is 0 Å². The minimum absolute atomic E-state index is 0.170. The number of imide groups is 1. The molecule has 2 amide bonds. The van der Waals surface area contributed by atoms with E-state index in [1.54, 1.807) is 12.1 Å². The lowest BCUT2D eigenvalue weighted by Gasteiger charge is -2.18. The molecular formula is C13H10N2O5. The molecule has 20 heavy (non-hydrogen) atoms. The predicted molar refractivity (Wildman–Crippen MR) is 65.3 cm³/mol. The number of carbonyl (C=O) groups is 2. The van der Waals surface area contributed by atoms with Crippen LogP contribution in [0.5, 0.6) is 11.5 Å². The van der Waals surface area contributed by atoms with Crippen molar-refractivity contribution in [1.29, 1.82) is 0 Å². The minimum atomic E-state index is -0.477. The molecule has 0 bridgehead atoms. The van der Waals surface area contributed by atoms with Gasteiger partial charge in [0.25, 0.3) is 0 Å². The van der Waals surface area contributed by atoms with Crippen LogP contribution in [0.3, 0.4) is 0 Å². The van der Waals surface area contributed by atoms with Crippen LogP contribution in [-0.2, 0) is 9.59 Å². The van der Waals surface area contributed by atoms with E-state index in [0.717, 1.165) is 0 Å². The van der Waals surface area contributed by atoms with Gasteiger partial charge in [-0.3, -0.25) is 14.9 Å². The summed E-state index contributed by atoms with van der Waals surface area (Å²) in [4.78, 5) is 23.1. The number of ether oxygens (including phenoxy) is 2. The first-order valence-corrected chi connectivity index (χ1v) is 6.25. The van der Waals surface area contributed by atoms with Crippen molar-refractivity contribution in [2.45, 2.75) is 18.8 Å². The van der Waals surface area contributed by atoms with Crippen LogP contribution < -0.4 is 14.8 Å². The van der Waals surface area contributed by atoms with E-state index >= 15 is 0 Å². The lowest BCUT2D eigenvalue weighted by atomic mass is 9.93. The molecule has 0 saturated carbocycles. The molecule has 1 fully saturated rings. The first kappa shape index (κ1) is 11.3. The summed E-state index contributed by atoms with van der Waals surface area (Å²) in [5.74, 6) is 0.137. The fourth-order valence-corrected chi connectivity index (χ4v) is 2.55. The molecular weight excluding hydrogens is 264 g/mol. The second-order valence-corrected chi connectivity index (χ2v) is 4.77. The van der Waals surface area contributed by atoms with Crippen molar-refractivity contribution in [2.24, 2.45) is 0 Å². The maximum absolute atomic E-state index is 11.9. The van der Waals surface area contributed by atoms with Crippen LogP contribution in [0.1, 0.15) is 24.5 Å². The smallest absolute Gasteiger partial charge is 0.235 e. The molecule has 2 aliphatic rings. The Balaban J connectivity index is 1.80. The maximum Gasteiger partial charge on any atom is 0.235 e. The Morgan fingerprint density at radius 2 is 2.00 bits per heavy atom. The Kier molecular flexibility index (Phi) is 2.23. The zero-order valence-electron chi connectivity index (χ0n) is 10.3. The first-order valence-electron chi connectivity index (χ1n) is 6.25. The SMILES string of the molecule is O=C1CC[C@@H](c2noc3cc4c(cc23)OCO4)C(=O)N1. The number of amides is 2. The van der Waals surface area contributed by atoms with Crippen LogP contribution in [0.15, 0.2) is 16.7 Å². The summed E-state index contributed by atoms with van der Waals surface area (Å²) in [6.45, 7) is 0.170. The van der Waals surface area contributed by atoms with E-state index in [4.69, 9.17) is 14.0 Å². The average molecular weight is 274 g/mol. The van der Waals surface area contributed by atoms with Crippen molar-refractivity contribution in [1.82, 2.24) is 10.5 Å². The van der Waals surface area contributed by atoms with Gasteiger partial charge in [-0.2, -0.15) is 0 Å². The second kappa shape index (κ2) is 3.96. The van der Waals surface area contributed by atoms with Gasteiger partial charge in [-0.05, 0) is 12.5 Å². The Bertz CT molecular complexity index is 736. The standard InChI is InChI=1S/C13H10N2O5/c16-11-2-1-6(13(17)14-11)12-7-3-9-10(19-5-18-9)4-8(7)20-15-12/h3-4,6H,1-2,5H2,(H,14,16,17)/t6-/m0/s1. The molecule has 1 aromatic heterocycles. The summed E-state index contributed by atoms with van der Waals surface area (Å²) in [6.07, 6.45) is 0.732. The maximum atomic E-state index is 11.9. The molecule has 7 nitrogen and oxygen atoms in total. The van der Waals surface area contributed by atoms with E-state index in [-0.39, 0.29) is 18.6 Å². The zero-order valence-corrected chi connectivity index (χ0v) is 10.3. The molecule has 1 atom stereocenters. The van der Waals surface area contributed by atoms with Gasteiger partial charge >= 0.3 is 0 Å². The van der Waals surface area contributed by atoms with Gasteiger partial charge in [-0.15, -0.1) is 0 Å². The highest BCUT2D eigenvalue weighted by Gasteiger charge is 2.32. The van der Waals surface area contributed by atoms with Gasteiger partial charge in [-0.1, -0.05) is 5.16 Å². The number of hydrogen-bond donors (Lipinski definition) is 1. The number of rotatable bonds is 1. The fraction of sp³-hybridized carbons (Fsp3) is 0.308. The largest absolute Gasteiger partial charge is 0.454 e. The number of nitrogens with zero attached hydrogens (tertiary/aromatic N) is 1. The Morgan fingerprint density at radius 3 is 2.80 bits per heavy atom. The Hall–Kier alpha value is -2.57. The molecule has 0 aliphatic carbocycles. The highest BCUT2D eigenvalue weighted by Crippen LogP contribution is 2.39. The molecule has 3 heterocycles. The molecule has 1 aromatic carbocycles. The third-order valence-electron chi connectivity index (χ3n) is 3.56. The molecule has 0 unspecified atom stereocenters. The number of piperidine rings is 1. The van der Waals surface area contributed by atoms with E-state index in [0.29, 0.717) is 41.0 Å². The lowest BCUT2D eigenvalue weighted by molar-refractivity contribution is -0.134. The van der Waals surface area contributed by atoms with Gasteiger partial charge in [0.1, 0.15) is 5.69 Å². The number of carbonyl (C=O) groups excluding carboxylic acids is 2. The molecule has 2 aliphatic heterocycles.